The van der Waals surface area contributed by atoms with E-state index < -0.39 is 11.6 Å². The molecule has 21 rings (SSSR count). The Balaban J connectivity index is 0.000000113. The first-order chi connectivity index (χ1) is 62.2. The number of aromatic nitrogens is 23. The highest BCUT2D eigenvalue weighted by Crippen LogP contribution is 2.45. The summed E-state index contributed by atoms with van der Waals surface area (Å²) in [5, 5.41) is 46.0. The van der Waals surface area contributed by atoms with Gasteiger partial charge in [-0.15, -0.1) is 51.0 Å². The van der Waals surface area contributed by atoms with Gasteiger partial charge < -0.3 is 28.7 Å². The normalized spacial score (nSPS) is 11.6. The molecule has 128 heavy (non-hydrogen) atoms. The summed E-state index contributed by atoms with van der Waals surface area (Å²) >= 11 is 5.98. The Morgan fingerprint density at radius 1 is 0.312 bits per heavy atom. The summed E-state index contributed by atoms with van der Waals surface area (Å²) in [5.74, 6) is -0.0617. The van der Waals surface area contributed by atoms with E-state index in [9.17, 15) is 13.2 Å². The molecule has 11 aromatic heterocycles. The Morgan fingerprint density at radius 3 is 1.20 bits per heavy atom. The summed E-state index contributed by atoms with van der Waals surface area (Å²) in [6.45, 7) is 9.78. The van der Waals surface area contributed by atoms with Crippen LogP contribution < -0.4 is 28.7 Å². The lowest BCUT2D eigenvalue weighted by Crippen LogP contribution is -2.03. The van der Waals surface area contributed by atoms with Gasteiger partial charge in [-0.3, -0.25) is 19.9 Å². The third kappa shape index (κ3) is 18.3. The monoisotopic (exact) mass is 1710 g/mol. The van der Waals surface area contributed by atoms with Crippen molar-refractivity contribution in [2.75, 3.05) is 28.7 Å². The van der Waals surface area contributed by atoms with Crippen molar-refractivity contribution >= 4 is 95.9 Å². The van der Waals surface area contributed by atoms with Gasteiger partial charge in [0.25, 0.3) is 0 Å². The van der Waals surface area contributed by atoms with E-state index in [2.05, 4.69) is 141 Å². The highest BCUT2D eigenvalue weighted by molar-refractivity contribution is 6.30. The van der Waals surface area contributed by atoms with E-state index in [1.165, 1.54) is 49.0 Å². The van der Waals surface area contributed by atoms with Gasteiger partial charge in [0.15, 0.2) is 0 Å². The summed E-state index contributed by atoms with van der Waals surface area (Å²) in [5.41, 5.74) is 52.0. The standard InChI is InChI=1S/C21H16FN5.C20H16FN5.C19H16N6.C18H13ClN6.C18H13FN6/c22-15-6-3-13(4-7-15)19-20(26-27-21(23)25-19)14-5-8-18-17(11-14)16(9-10-24-18)12-1-2-12;1-2-12-8-9-23-19-15(12)10-14(11-16(19)21)18-17(24-20(22)26-25-18)13-6-4-3-5-7-13;1-11-5-7-22-16-4-3-13(10-15(11)16)18-17(23-19(20)25-24-18)14-6-8-21-12(2)9-14;1-10-14-8-12(4-7-15(14)22-9-21-10)17-16(23-18(20)25-24-17)11-2-5-13(19)6-3-11;1-10-13-7-12(8-14(19)17(13)22-9-21-10)16-15(23-18(20)25-24-16)11-5-3-2-4-6-11/h3-12H,1-2H2,(H2,23,25,27);3-11H,2H2,1H3,(H2,22,24,26);3-10H,1-2H3,(H2,20,23,25);2*2-9H,1H3,(H2,20,23,25). The van der Waals surface area contributed by atoms with Crippen LogP contribution in [0.2, 0.25) is 5.02 Å². The predicted molar refractivity (Wildman–Crippen MR) is 491 cm³/mol. The van der Waals surface area contributed by atoms with Gasteiger partial charge in [-0.25, -0.2) is 58.0 Å². The van der Waals surface area contributed by atoms with Gasteiger partial charge in [0.05, 0.1) is 16.6 Å². The molecule has 0 unspecified atom stereocenters. The van der Waals surface area contributed by atoms with Crippen molar-refractivity contribution in [2.24, 2.45) is 0 Å². The number of hydrogen-bond donors (Lipinski definition) is 5. The number of nitrogen functional groups attached to an aromatic ring is 5. The van der Waals surface area contributed by atoms with Crippen LogP contribution in [0.5, 0.6) is 0 Å². The number of benzene rings is 9. The quantitative estimate of drug-likeness (QED) is 0.0758. The minimum atomic E-state index is -0.448. The van der Waals surface area contributed by atoms with Gasteiger partial charge in [0.2, 0.25) is 29.7 Å². The summed E-state index contributed by atoms with van der Waals surface area (Å²) in [4.78, 5) is 55.8. The maximum Gasteiger partial charge on any atom is 0.240 e. The smallest absolute Gasteiger partial charge is 0.240 e. The molecular weight excluding hydrogens is 1640 g/mol. The first-order valence-corrected chi connectivity index (χ1v) is 40.6. The van der Waals surface area contributed by atoms with E-state index in [-0.39, 0.29) is 41.1 Å². The lowest BCUT2D eigenvalue weighted by molar-refractivity contribution is 0.628. The van der Waals surface area contributed by atoms with Gasteiger partial charge >= 0.3 is 0 Å². The molecule has 0 spiro atoms. The van der Waals surface area contributed by atoms with Gasteiger partial charge in [-0.05, 0) is 197 Å². The van der Waals surface area contributed by atoms with Crippen LogP contribution in [0.3, 0.4) is 0 Å². The van der Waals surface area contributed by atoms with Crippen molar-refractivity contribution in [1.29, 1.82) is 0 Å². The fourth-order valence-electron chi connectivity index (χ4n) is 14.7. The lowest BCUT2D eigenvalue weighted by atomic mass is 9.99. The number of rotatable bonds is 12. The van der Waals surface area contributed by atoms with Crippen molar-refractivity contribution in [1.82, 2.24) is 116 Å². The largest absolute Gasteiger partial charge is 0.366 e. The Hall–Kier alpha value is -16.8. The number of nitrogens with two attached hydrogens (primary N) is 5. The van der Waals surface area contributed by atoms with Crippen molar-refractivity contribution in [3.8, 4) is 113 Å². The molecule has 0 bridgehead atoms. The summed E-state index contributed by atoms with van der Waals surface area (Å²) in [7, 11) is 0. The molecule has 0 atom stereocenters. The molecule has 0 aliphatic heterocycles. The number of hydrogen-bond acceptors (Lipinski definition) is 28. The number of pyridine rings is 4. The van der Waals surface area contributed by atoms with E-state index in [0.717, 1.165) is 112 Å². The van der Waals surface area contributed by atoms with E-state index >= 15 is 0 Å². The molecule has 28 nitrogen and oxygen atoms in total. The molecule has 0 radical (unpaired) electrons. The molecule has 10 N–H and O–H groups in total. The van der Waals surface area contributed by atoms with E-state index in [0.29, 0.717) is 95.6 Å². The molecule has 626 valence electrons. The van der Waals surface area contributed by atoms with Crippen LogP contribution >= 0.6 is 11.6 Å². The SMILES string of the molecule is CCc1ccnc2c(F)cc(-c3nnc(N)nc3-c3ccccc3)cc12.Cc1cc(-c2nc(N)nnc2-c2ccc3nccc(C)c3c2)ccn1.Cc1ncnc2c(F)cc(-c3nnc(N)nc3-c3ccccc3)cc12.Cc1ncnc2ccc(-c3nnc(N)nc3-c3ccc(Cl)cc3)cc12.Nc1nnc(-c2ccc3nccc(C4CC4)c3c2)c(-c2ccc(F)cc2)n1. The number of anilines is 5. The van der Waals surface area contributed by atoms with Crippen molar-refractivity contribution in [2.45, 2.75) is 59.8 Å². The number of nitrogens with zero attached hydrogens (tertiary/aromatic N) is 23. The third-order valence-electron chi connectivity index (χ3n) is 21.1. The van der Waals surface area contributed by atoms with Crippen LogP contribution in [0.15, 0.2) is 256 Å². The van der Waals surface area contributed by atoms with Gasteiger partial charge in [0.1, 0.15) is 98.1 Å². The van der Waals surface area contributed by atoms with E-state index in [4.69, 9.17) is 40.3 Å². The second-order valence-electron chi connectivity index (χ2n) is 29.7. The zero-order valence-electron chi connectivity index (χ0n) is 69.1. The molecule has 0 saturated heterocycles. The van der Waals surface area contributed by atoms with Crippen LogP contribution in [-0.4, -0.2) is 116 Å². The predicted octanol–water partition coefficient (Wildman–Crippen LogP) is 18.6. The zero-order chi connectivity index (χ0) is 88.6. The van der Waals surface area contributed by atoms with Gasteiger partial charge in [-0.1, -0.05) is 110 Å². The second kappa shape index (κ2) is 36.7. The molecule has 1 aliphatic rings. The minimum Gasteiger partial charge on any atom is -0.366 e. The molecule has 1 fully saturated rings. The maximum atomic E-state index is 14.7. The number of fused-ring (bicyclic) bond motifs is 5. The van der Waals surface area contributed by atoms with Crippen molar-refractivity contribution in [3.63, 3.8) is 0 Å². The topological polar surface area (TPSA) is 427 Å². The molecule has 11 heterocycles. The van der Waals surface area contributed by atoms with Gasteiger partial charge in [-0.2, -0.15) is 0 Å². The fraction of sp³-hybridized carbons (Fsp3) is 0.0938. The van der Waals surface area contributed by atoms with Crippen LogP contribution in [0.4, 0.5) is 42.9 Å². The molecule has 1 aliphatic carbocycles. The maximum absolute atomic E-state index is 14.7. The first-order valence-electron chi connectivity index (χ1n) is 40.2. The van der Waals surface area contributed by atoms with Crippen molar-refractivity contribution in [3.05, 3.63) is 312 Å². The Bertz CT molecular complexity index is 7570. The molecule has 9 aromatic carbocycles. The molecular formula is C96H74ClF3N28. The first kappa shape index (κ1) is 83.4. The second-order valence-corrected chi connectivity index (χ2v) is 30.2. The Labute approximate surface area is 733 Å². The minimum absolute atomic E-state index is 0.0587. The highest BCUT2D eigenvalue weighted by atomic mass is 35.5. The zero-order valence-corrected chi connectivity index (χ0v) is 69.9. The van der Waals surface area contributed by atoms with Crippen LogP contribution in [0.1, 0.15) is 59.5 Å². The van der Waals surface area contributed by atoms with Crippen molar-refractivity contribution < 1.29 is 13.2 Å². The van der Waals surface area contributed by atoms with E-state index in [1.807, 2.05) is 179 Å². The third-order valence-corrected chi connectivity index (χ3v) is 21.4. The molecule has 0 amide bonds. The average molecular weight is 1710 g/mol. The van der Waals surface area contributed by atoms with E-state index in [1.54, 1.807) is 56.0 Å². The molecule has 1 saturated carbocycles. The Morgan fingerprint density at radius 2 is 0.695 bits per heavy atom. The summed E-state index contributed by atoms with van der Waals surface area (Å²) < 4.78 is 42.6. The molecule has 20 aromatic rings. The highest BCUT2D eigenvalue weighted by Gasteiger charge is 2.27. The summed E-state index contributed by atoms with van der Waals surface area (Å²) in [6.07, 6.45) is 13.2. The summed E-state index contributed by atoms with van der Waals surface area (Å²) in [6, 6.07) is 66.7. The van der Waals surface area contributed by atoms with Gasteiger partial charge in [0, 0.05) is 129 Å². The molecule has 32 heteroatoms. The van der Waals surface area contributed by atoms with Crippen LogP contribution in [-0.2, 0) is 6.42 Å². The fourth-order valence-corrected chi connectivity index (χ4v) is 14.8. The Kier molecular flexibility index (Phi) is 23.9. The number of halogens is 4. The number of aryl methyl sites for hydroxylation is 5. The lowest BCUT2D eigenvalue weighted by Gasteiger charge is -2.11. The van der Waals surface area contributed by atoms with Crippen LogP contribution in [0.25, 0.3) is 167 Å². The average Bonchev–Trinajstić information content (AvgIpc) is 1.47. The van der Waals surface area contributed by atoms with Crippen LogP contribution in [0, 0.1) is 45.1 Å².